The second-order valence-corrected chi connectivity index (χ2v) is 4.82. The van der Waals surface area contributed by atoms with Crippen molar-refractivity contribution in [2.75, 3.05) is 37.5 Å². The molecule has 0 radical (unpaired) electrons. The van der Waals surface area contributed by atoms with Crippen molar-refractivity contribution in [3.63, 3.8) is 0 Å². The van der Waals surface area contributed by atoms with E-state index in [0.717, 1.165) is 6.42 Å². The van der Waals surface area contributed by atoms with Gasteiger partial charge in [-0.2, -0.15) is 15.0 Å². The van der Waals surface area contributed by atoms with Crippen molar-refractivity contribution in [1.82, 2.24) is 15.0 Å². The van der Waals surface area contributed by atoms with Gasteiger partial charge in [-0.05, 0) is 19.3 Å². The van der Waals surface area contributed by atoms with Crippen molar-refractivity contribution in [1.29, 1.82) is 0 Å². The Bertz CT molecular complexity index is 437. The number of nitrogens with zero attached hydrogens (tertiary/aromatic N) is 3. The van der Waals surface area contributed by atoms with Crippen LogP contribution in [0.4, 0.5) is 11.9 Å². The average molecular weight is 283 g/mol. The van der Waals surface area contributed by atoms with Crippen LogP contribution in [-0.2, 0) is 4.74 Å². The molecule has 4 N–H and O–H groups in total. The second-order valence-electron chi connectivity index (χ2n) is 4.82. The Morgan fingerprint density at radius 1 is 1.35 bits per heavy atom. The predicted molar refractivity (Wildman–Crippen MR) is 73.5 cm³/mol. The van der Waals surface area contributed by atoms with Crippen LogP contribution in [0.2, 0.25) is 0 Å². The number of aliphatic hydroxyl groups is 1. The zero-order valence-corrected chi connectivity index (χ0v) is 11.6. The van der Waals surface area contributed by atoms with Gasteiger partial charge < -0.3 is 25.6 Å². The number of ether oxygens (including phenoxy) is 2. The molecule has 20 heavy (non-hydrogen) atoms. The summed E-state index contributed by atoms with van der Waals surface area (Å²) in [7, 11) is 0. The predicted octanol–water partition coefficient (Wildman–Crippen LogP) is 0.196. The molecule has 8 nitrogen and oxygen atoms in total. The Morgan fingerprint density at radius 2 is 2.10 bits per heavy atom. The standard InChI is InChI=1S/C12H21N5O3/c1-2-5-20-11-15-9(13)14-10(16-11)17-12(8-18)3-6-19-7-4-12/h18H,2-8H2,1H3,(H3,13,14,15,16,17). The van der Waals surface area contributed by atoms with E-state index in [4.69, 9.17) is 15.2 Å². The topological polar surface area (TPSA) is 115 Å². The Morgan fingerprint density at radius 3 is 2.75 bits per heavy atom. The van der Waals surface area contributed by atoms with Crippen LogP contribution in [0, 0.1) is 0 Å². The molecule has 8 heteroatoms. The summed E-state index contributed by atoms with van der Waals surface area (Å²) in [5.74, 6) is 0.410. The van der Waals surface area contributed by atoms with E-state index in [9.17, 15) is 5.11 Å². The third-order valence-electron chi connectivity index (χ3n) is 3.20. The van der Waals surface area contributed by atoms with Gasteiger partial charge >= 0.3 is 6.01 Å². The van der Waals surface area contributed by atoms with Gasteiger partial charge in [0.2, 0.25) is 11.9 Å². The summed E-state index contributed by atoms with van der Waals surface area (Å²) in [6, 6.07) is 0.196. The zero-order valence-electron chi connectivity index (χ0n) is 11.6. The first-order valence-electron chi connectivity index (χ1n) is 6.78. The zero-order chi connectivity index (χ0) is 14.4. The first-order valence-corrected chi connectivity index (χ1v) is 6.78. The Balaban J connectivity index is 2.12. The fraction of sp³-hybridized carbons (Fsp3) is 0.750. The normalized spacial score (nSPS) is 17.7. The van der Waals surface area contributed by atoms with E-state index in [-0.39, 0.29) is 18.6 Å². The highest BCUT2D eigenvalue weighted by molar-refractivity contribution is 5.36. The van der Waals surface area contributed by atoms with Gasteiger partial charge in [-0.15, -0.1) is 0 Å². The molecule has 112 valence electrons. The van der Waals surface area contributed by atoms with E-state index in [1.165, 1.54) is 0 Å². The number of rotatable bonds is 6. The fourth-order valence-electron chi connectivity index (χ4n) is 2.01. The highest BCUT2D eigenvalue weighted by Gasteiger charge is 2.32. The molecule has 0 spiro atoms. The molecular formula is C12H21N5O3. The van der Waals surface area contributed by atoms with Gasteiger partial charge in [-0.25, -0.2) is 0 Å². The van der Waals surface area contributed by atoms with E-state index in [1.54, 1.807) is 0 Å². The van der Waals surface area contributed by atoms with Gasteiger partial charge in [-0.3, -0.25) is 0 Å². The molecule has 0 atom stereocenters. The van der Waals surface area contributed by atoms with Gasteiger partial charge in [0.15, 0.2) is 0 Å². The Hall–Kier alpha value is -1.67. The van der Waals surface area contributed by atoms with E-state index < -0.39 is 5.54 Å². The van der Waals surface area contributed by atoms with Gasteiger partial charge in [0.05, 0.1) is 18.8 Å². The molecule has 1 fully saturated rings. The van der Waals surface area contributed by atoms with Crippen LogP contribution in [0.15, 0.2) is 0 Å². The first-order chi connectivity index (χ1) is 9.67. The third kappa shape index (κ3) is 3.67. The highest BCUT2D eigenvalue weighted by atomic mass is 16.5. The highest BCUT2D eigenvalue weighted by Crippen LogP contribution is 2.24. The van der Waals surface area contributed by atoms with Crippen molar-refractivity contribution in [2.45, 2.75) is 31.7 Å². The fourth-order valence-corrected chi connectivity index (χ4v) is 2.01. The molecule has 0 bridgehead atoms. The summed E-state index contributed by atoms with van der Waals surface area (Å²) < 4.78 is 10.7. The van der Waals surface area contributed by atoms with Crippen molar-refractivity contribution >= 4 is 11.9 Å². The molecule has 2 rings (SSSR count). The second kappa shape index (κ2) is 6.67. The summed E-state index contributed by atoms with van der Waals surface area (Å²) in [5.41, 5.74) is 5.17. The number of nitrogens with one attached hydrogen (secondary N) is 1. The lowest BCUT2D eigenvalue weighted by Crippen LogP contribution is -2.47. The lowest BCUT2D eigenvalue weighted by Gasteiger charge is -2.36. The number of aliphatic hydroxyl groups excluding tert-OH is 1. The van der Waals surface area contributed by atoms with Gasteiger partial charge in [0.25, 0.3) is 0 Å². The minimum Gasteiger partial charge on any atom is -0.463 e. The molecular weight excluding hydrogens is 262 g/mol. The number of anilines is 2. The summed E-state index contributed by atoms with van der Waals surface area (Å²) in [5, 5.41) is 12.8. The largest absolute Gasteiger partial charge is 0.463 e. The molecule has 1 aromatic heterocycles. The molecule has 1 saturated heterocycles. The van der Waals surface area contributed by atoms with Gasteiger partial charge in [-0.1, -0.05) is 6.92 Å². The van der Waals surface area contributed by atoms with Crippen LogP contribution in [0.25, 0.3) is 0 Å². The first kappa shape index (κ1) is 14.7. The SMILES string of the molecule is CCCOc1nc(N)nc(NC2(CO)CCOCC2)n1. The number of hydrogen-bond donors (Lipinski definition) is 3. The quantitative estimate of drug-likeness (QED) is 0.678. The van der Waals surface area contributed by atoms with Crippen molar-refractivity contribution in [3.05, 3.63) is 0 Å². The third-order valence-corrected chi connectivity index (χ3v) is 3.20. The molecule has 0 saturated carbocycles. The summed E-state index contributed by atoms with van der Waals surface area (Å²) in [6.07, 6.45) is 2.22. The maximum Gasteiger partial charge on any atom is 0.323 e. The number of nitrogen functional groups attached to an aromatic ring is 1. The van der Waals surface area contributed by atoms with Gasteiger partial charge in [0, 0.05) is 13.2 Å². The monoisotopic (exact) mass is 283 g/mol. The summed E-state index contributed by atoms with van der Waals surface area (Å²) in [6.45, 7) is 3.67. The molecule has 1 aliphatic rings. The van der Waals surface area contributed by atoms with Crippen molar-refractivity contribution < 1.29 is 14.6 Å². The van der Waals surface area contributed by atoms with Crippen LogP contribution in [-0.4, -0.2) is 52.0 Å². The lowest BCUT2D eigenvalue weighted by atomic mass is 9.91. The van der Waals surface area contributed by atoms with Crippen LogP contribution in [0.5, 0.6) is 6.01 Å². The van der Waals surface area contributed by atoms with Crippen LogP contribution in [0.3, 0.4) is 0 Å². The smallest absolute Gasteiger partial charge is 0.323 e. The molecule has 0 aliphatic carbocycles. The summed E-state index contributed by atoms with van der Waals surface area (Å²) >= 11 is 0. The average Bonchev–Trinajstić information content (AvgIpc) is 2.45. The van der Waals surface area contributed by atoms with Crippen LogP contribution in [0.1, 0.15) is 26.2 Å². The van der Waals surface area contributed by atoms with Crippen LogP contribution < -0.4 is 15.8 Å². The van der Waals surface area contributed by atoms with E-state index >= 15 is 0 Å². The molecule has 1 aliphatic heterocycles. The van der Waals surface area contributed by atoms with Gasteiger partial charge in [0.1, 0.15) is 0 Å². The van der Waals surface area contributed by atoms with E-state index in [1.807, 2.05) is 6.92 Å². The minimum atomic E-state index is -0.478. The summed E-state index contributed by atoms with van der Waals surface area (Å²) in [4.78, 5) is 12.1. The number of hydrogen-bond acceptors (Lipinski definition) is 8. The maximum absolute atomic E-state index is 9.63. The van der Waals surface area contributed by atoms with Crippen molar-refractivity contribution in [3.8, 4) is 6.01 Å². The van der Waals surface area contributed by atoms with E-state index in [0.29, 0.717) is 38.6 Å². The number of nitrogens with two attached hydrogens (primary N) is 1. The molecule has 0 unspecified atom stereocenters. The van der Waals surface area contributed by atoms with Crippen molar-refractivity contribution in [2.24, 2.45) is 0 Å². The van der Waals surface area contributed by atoms with Crippen LogP contribution >= 0.6 is 0 Å². The molecule has 1 aromatic rings. The minimum absolute atomic E-state index is 0.0207. The maximum atomic E-state index is 9.63. The molecule has 0 amide bonds. The molecule has 0 aromatic carbocycles. The Kier molecular flexibility index (Phi) is 4.91. The number of aromatic nitrogens is 3. The lowest BCUT2D eigenvalue weighted by molar-refractivity contribution is 0.0376. The molecule has 2 heterocycles. The van der Waals surface area contributed by atoms with E-state index in [2.05, 4.69) is 20.3 Å². The Labute approximate surface area is 117 Å².